The fraction of sp³-hybridized carbons (Fsp3) is 0.353. The van der Waals surface area contributed by atoms with E-state index in [-0.39, 0.29) is 24.2 Å². The number of nitrogens with one attached hydrogen (secondary N) is 1. The van der Waals surface area contributed by atoms with Gasteiger partial charge in [0.25, 0.3) is 5.88 Å². The second kappa shape index (κ2) is 7.20. The first-order chi connectivity index (χ1) is 13.0. The standard InChI is InChI=1S/C17H18FN3O5S/c18-14-9-12(1-2-16(14)21-4-7-27(22,23)8-5-21)15-10-13(26-19-15)11-24-17-3-6-25-20-17/h1-3,6,9-10,13,19H,4-5,7-8,11H2. The molecule has 1 unspecified atom stereocenters. The molecule has 0 saturated carbocycles. The average molecular weight is 395 g/mol. The minimum atomic E-state index is -3.01. The first kappa shape index (κ1) is 17.8. The highest BCUT2D eigenvalue weighted by Crippen LogP contribution is 2.26. The van der Waals surface area contributed by atoms with Crippen molar-refractivity contribution >= 4 is 21.2 Å². The Hall–Kier alpha value is -2.59. The van der Waals surface area contributed by atoms with Crippen LogP contribution in [0, 0.1) is 5.82 Å². The lowest BCUT2D eigenvalue weighted by Gasteiger charge is -2.29. The zero-order valence-corrected chi connectivity index (χ0v) is 15.1. The Labute approximate surface area is 155 Å². The van der Waals surface area contributed by atoms with Crippen LogP contribution in [-0.2, 0) is 14.7 Å². The van der Waals surface area contributed by atoms with Gasteiger partial charge in [0.05, 0.1) is 22.9 Å². The van der Waals surface area contributed by atoms with Gasteiger partial charge in [-0.25, -0.2) is 12.8 Å². The quantitative estimate of drug-likeness (QED) is 0.811. The Balaban J connectivity index is 1.42. The zero-order valence-electron chi connectivity index (χ0n) is 14.3. The van der Waals surface area contributed by atoms with E-state index in [0.29, 0.717) is 35.9 Å². The average Bonchev–Trinajstić information content (AvgIpc) is 3.32. The number of nitrogens with zero attached hydrogens (tertiary/aromatic N) is 2. The fourth-order valence-corrected chi connectivity index (χ4v) is 4.16. The van der Waals surface area contributed by atoms with Crippen LogP contribution in [0.25, 0.3) is 5.70 Å². The van der Waals surface area contributed by atoms with Gasteiger partial charge in [-0.2, -0.15) is 0 Å². The summed E-state index contributed by atoms with van der Waals surface area (Å²) >= 11 is 0. The van der Waals surface area contributed by atoms with Crippen LogP contribution in [-0.4, -0.2) is 50.9 Å². The molecule has 4 rings (SSSR count). The maximum atomic E-state index is 14.6. The van der Waals surface area contributed by atoms with E-state index in [2.05, 4.69) is 15.2 Å². The van der Waals surface area contributed by atoms with Crippen molar-refractivity contribution in [1.82, 2.24) is 10.6 Å². The van der Waals surface area contributed by atoms with Crippen molar-refractivity contribution in [3.8, 4) is 5.88 Å². The molecule has 2 aliphatic rings. The summed E-state index contributed by atoms with van der Waals surface area (Å²) in [7, 11) is -3.01. The number of aromatic nitrogens is 1. The van der Waals surface area contributed by atoms with Crippen LogP contribution in [0.4, 0.5) is 10.1 Å². The van der Waals surface area contributed by atoms with E-state index in [1.54, 1.807) is 29.2 Å². The number of hydrogen-bond acceptors (Lipinski definition) is 8. The Morgan fingerprint density at radius 2 is 2.11 bits per heavy atom. The number of ether oxygens (including phenoxy) is 1. The predicted octanol–water partition coefficient (Wildman–Crippen LogP) is 1.37. The number of hydroxylamine groups is 1. The van der Waals surface area contributed by atoms with Crippen molar-refractivity contribution in [1.29, 1.82) is 0 Å². The molecule has 144 valence electrons. The minimum Gasteiger partial charge on any atom is -0.472 e. The predicted molar refractivity (Wildman–Crippen MR) is 95.3 cm³/mol. The second-order valence-corrected chi connectivity index (χ2v) is 8.60. The Kier molecular flexibility index (Phi) is 4.75. The summed E-state index contributed by atoms with van der Waals surface area (Å²) in [6.45, 7) is 0.820. The maximum Gasteiger partial charge on any atom is 0.254 e. The van der Waals surface area contributed by atoms with E-state index in [9.17, 15) is 12.8 Å². The van der Waals surface area contributed by atoms with E-state index in [1.807, 2.05) is 0 Å². The van der Waals surface area contributed by atoms with Gasteiger partial charge in [-0.15, -0.1) is 0 Å². The van der Waals surface area contributed by atoms with Crippen LogP contribution in [0.2, 0.25) is 0 Å². The van der Waals surface area contributed by atoms with Gasteiger partial charge in [0.1, 0.15) is 24.8 Å². The van der Waals surface area contributed by atoms with E-state index in [1.165, 1.54) is 12.3 Å². The van der Waals surface area contributed by atoms with Crippen molar-refractivity contribution in [3.05, 3.63) is 48.0 Å². The van der Waals surface area contributed by atoms with Gasteiger partial charge in [0, 0.05) is 24.7 Å². The molecule has 0 radical (unpaired) electrons. The topological polar surface area (TPSA) is 93.9 Å². The van der Waals surface area contributed by atoms with E-state index in [0.717, 1.165) is 0 Å². The van der Waals surface area contributed by atoms with Gasteiger partial charge >= 0.3 is 0 Å². The zero-order chi connectivity index (χ0) is 18.9. The number of halogens is 1. The molecule has 1 saturated heterocycles. The van der Waals surface area contributed by atoms with Crippen LogP contribution >= 0.6 is 0 Å². The van der Waals surface area contributed by atoms with Crippen LogP contribution in [0.3, 0.4) is 0 Å². The van der Waals surface area contributed by atoms with Crippen molar-refractivity contribution in [3.63, 3.8) is 0 Å². The normalized spacial score (nSPS) is 21.6. The molecular formula is C17H18FN3O5S. The molecule has 0 spiro atoms. The Morgan fingerprint density at radius 3 is 2.81 bits per heavy atom. The molecule has 2 aliphatic heterocycles. The number of anilines is 1. The summed E-state index contributed by atoms with van der Waals surface area (Å²) < 4.78 is 47.7. The van der Waals surface area contributed by atoms with Gasteiger partial charge in [-0.1, -0.05) is 6.07 Å². The van der Waals surface area contributed by atoms with E-state index >= 15 is 0 Å². The van der Waals surface area contributed by atoms with Crippen molar-refractivity contribution < 1.29 is 26.9 Å². The minimum absolute atomic E-state index is 0.0436. The molecule has 27 heavy (non-hydrogen) atoms. The first-order valence-electron chi connectivity index (χ1n) is 8.42. The fourth-order valence-electron chi connectivity index (χ4n) is 2.96. The lowest BCUT2D eigenvalue weighted by Crippen LogP contribution is -2.40. The molecule has 1 aromatic carbocycles. The summed E-state index contributed by atoms with van der Waals surface area (Å²) in [5.41, 5.74) is 4.43. The summed E-state index contributed by atoms with van der Waals surface area (Å²) in [4.78, 5) is 7.15. The largest absolute Gasteiger partial charge is 0.472 e. The first-order valence-corrected chi connectivity index (χ1v) is 10.2. The third kappa shape index (κ3) is 4.06. The Morgan fingerprint density at radius 1 is 1.30 bits per heavy atom. The third-order valence-corrected chi connectivity index (χ3v) is 6.04. The Bertz CT molecular complexity index is 931. The van der Waals surface area contributed by atoms with E-state index in [4.69, 9.17) is 9.57 Å². The number of rotatable bonds is 5. The van der Waals surface area contributed by atoms with Gasteiger partial charge in [0.15, 0.2) is 9.84 Å². The summed E-state index contributed by atoms with van der Waals surface area (Å²) in [6, 6.07) is 6.42. The monoisotopic (exact) mass is 395 g/mol. The molecule has 0 amide bonds. The van der Waals surface area contributed by atoms with E-state index < -0.39 is 15.7 Å². The molecule has 8 nitrogen and oxygen atoms in total. The van der Waals surface area contributed by atoms with Gasteiger partial charge in [-0.3, -0.25) is 10.3 Å². The smallest absolute Gasteiger partial charge is 0.254 e. The summed E-state index contributed by atoms with van der Waals surface area (Å²) in [5.74, 6) is 0.0420. The molecule has 1 fully saturated rings. The molecule has 10 heteroatoms. The van der Waals surface area contributed by atoms with Crippen molar-refractivity contribution in [2.75, 3.05) is 36.1 Å². The summed E-state index contributed by atoms with van der Waals surface area (Å²) in [5, 5.41) is 3.64. The maximum absolute atomic E-state index is 14.6. The van der Waals surface area contributed by atoms with Crippen LogP contribution in [0.5, 0.6) is 5.88 Å². The molecule has 1 aromatic heterocycles. The van der Waals surface area contributed by atoms with Crippen molar-refractivity contribution in [2.24, 2.45) is 0 Å². The number of hydrogen-bond donors (Lipinski definition) is 1. The molecule has 1 atom stereocenters. The highest BCUT2D eigenvalue weighted by Gasteiger charge is 2.24. The van der Waals surface area contributed by atoms with Gasteiger partial charge in [0.2, 0.25) is 0 Å². The van der Waals surface area contributed by atoms with Crippen LogP contribution in [0.1, 0.15) is 5.56 Å². The SMILES string of the molecule is O=S1(=O)CCN(c2ccc(C3=CC(COc4ccon4)ON3)cc2F)CC1. The van der Waals surface area contributed by atoms with Gasteiger partial charge < -0.3 is 14.2 Å². The third-order valence-electron chi connectivity index (χ3n) is 4.43. The molecule has 1 N–H and O–H groups in total. The molecule has 3 heterocycles. The number of sulfone groups is 1. The molecule has 0 bridgehead atoms. The van der Waals surface area contributed by atoms with Crippen LogP contribution < -0.4 is 15.1 Å². The molecule has 0 aliphatic carbocycles. The number of benzene rings is 1. The lowest BCUT2D eigenvalue weighted by atomic mass is 10.1. The molecular weight excluding hydrogens is 377 g/mol. The van der Waals surface area contributed by atoms with Crippen LogP contribution in [0.15, 0.2) is 41.1 Å². The highest BCUT2D eigenvalue weighted by atomic mass is 32.2. The lowest BCUT2D eigenvalue weighted by molar-refractivity contribution is 0.0219. The summed E-state index contributed by atoms with van der Waals surface area (Å²) in [6.07, 6.45) is 2.85. The van der Waals surface area contributed by atoms with Crippen molar-refractivity contribution in [2.45, 2.75) is 6.10 Å². The second-order valence-electron chi connectivity index (χ2n) is 6.29. The van der Waals surface area contributed by atoms with Gasteiger partial charge in [-0.05, 0) is 23.4 Å². The molecule has 2 aromatic rings. The highest BCUT2D eigenvalue weighted by molar-refractivity contribution is 7.91.